The summed E-state index contributed by atoms with van der Waals surface area (Å²) in [6.07, 6.45) is 4.30. The molecule has 20 heavy (non-hydrogen) atoms. The molecule has 0 unspecified atom stereocenters. The molecule has 1 aliphatic heterocycles. The van der Waals surface area contributed by atoms with E-state index in [2.05, 4.69) is 11.4 Å². The van der Waals surface area contributed by atoms with Gasteiger partial charge in [0.1, 0.15) is 0 Å². The van der Waals surface area contributed by atoms with Crippen LogP contribution in [0.15, 0.2) is 11.6 Å². The highest BCUT2D eigenvalue weighted by atomic mass is 32.2. The van der Waals surface area contributed by atoms with Crippen molar-refractivity contribution in [3.05, 3.63) is 11.6 Å². The zero-order valence-corrected chi connectivity index (χ0v) is 13.1. The molecule has 6 nitrogen and oxygen atoms in total. The van der Waals surface area contributed by atoms with Gasteiger partial charge in [0.2, 0.25) is 10.0 Å². The number of nitrogens with two attached hydrogens (primary N) is 1. The van der Waals surface area contributed by atoms with Gasteiger partial charge in [0.05, 0.1) is 5.75 Å². The molecule has 0 aromatic rings. The Hall–Kier alpha value is -1.08. The van der Waals surface area contributed by atoms with Crippen LogP contribution in [0.25, 0.3) is 0 Å². The second kappa shape index (κ2) is 7.64. The largest absolute Gasteiger partial charge is 0.338 e. The van der Waals surface area contributed by atoms with Crippen molar-refractivity contribution in [3.8, 4) is 0 Å². The summed E-state index contributed by atoms with van der Waals surface area (Å²) < 4.78 is 22.0. The quantitative estimate of drug-likeness (QED) is 0.587. The second-order valence-corrected chi connectivity index (χ2v) is 7.22. The summed E-state index contributed by atoms with van der Waals surface area (Å²) in [7, 11) is -3.41. The Labute approximate surface area is 121 Å². The Bertz CT molecular complexity index is 447. The van der Waals surface area contributed by atoms with Crippen molar-refractivity contribution in [3.63, 3.8) is 0 Å². The monoisotopic (exact) mass is 303 g/mol. The molecule has 0 atom stereocenters. The Balaban J connectivity index is 2.27. The van der Waals surface area contributed by atoms with E-state index in [-0.39, 0.29) is 17.7 Å². The van der Waals surface area contributed by atoms with Gasteiger partial charge in [0, 0.05) is 19.6 Å². The number of amides is 2. The maximum atomic E-state index is 11.9. The number of rotatable bonds is 5. The zero-order chi connectivity index (χ0) is 15.2. The zero-order valence-electron chi connectivity index (χ0n) is 12.3. The van der Waals surface area contributed by atoms with Crippen LogP contribution in [0.2, 0.25) is 0 Å². The van der Waals surface area contributed by atoms with Gasteiger partial charge in [-0.3, -0.25) is 0 Å². The number of sulfonamides is 1. The van der Waals surface area contributed by atoms with E-state index < -0.39 is 10.0 Å². The fourth-order valence-electron chi connectivity index (χ4n) is 2.28. The highest BCUT2D eigenvalue weighted by molar-refractivity contribution is 7.89. The molecule has 0 spiro atoms. The first-order chi connectivity index (χ1) is 9.28. The molecular weight excluding hydrogens is 278 g/mol. The number of nitrogens with zero attached hydrogens (tertiary/aromatic N) is 1. The number of piperidine rings is 1. The SMILES string of the molecule is CC(C)=CCCNC(=O)N1CCC(CS(N)(=O)=O)CC1. The van der Waals surface area contributed by atoms with Crippen LogP contribution < -0.4 is 10.5 Å². The maximum absolute atomic E-state index is 11.9. The van der Waals surface area contributed by atoms with E-state index in [1.54, 1.807) is 4.90 Å². The van der Waals surface area contributed by atoms with Crippen molar-refractivity contribution >= 4 is 16.1 Å². The Kier molecular flexibility index (Phi) is 6.48. The molecule has 0 aliphatic carbocycles. The lowest BCUT2D eigenvalue weighted by Gasteiger charge is -2.31. The van der Waals surface area contributed by atoms with Crippen molar-refractivity contribution in [2.75, 3.05) is 25.4 Å². The van der Waals surface area contributed by atoms with Crippen molar-refractivity contribution in [1.82, 2.24) is 10.2 Å². The van der Waals surface area contributed by atoms with Crippen LogP contribution in [0.1, 0.15) is 33.1 Å². The molecule has 0 aromatic heterocycles. The van der Waals surface area contributed by atoms with E-state index in [1.807, 2.05) is 13.8 Å². The van der Waals surface area contributed by atoms with Crippen molar-refractivity contribution in [2.24, 2.45) is 11.1 Å². The molecular formula is C13H25N3O3S. The number of urea groups is 1. The summed E-state index contributed by atoms with van der Waals surface area (Å²) in [6, 6.07) is -0.0683. The number of carbonyl (C=O) groups excluding carboxylic acids is 1. The first kappa shape index (κ1) is 17.0. The molecule has 0 bridgehead atoms. The van der Waals surface area contributed by atoms with Gasteiger partial charge in [0.25, 0.3) is 0 Å². The number of hydrogen-bond donors (Lipinski definition) is 2. The van der Waals surface area contributed by atoms with Gasteiger partial charge >= 0.3 is 6.03 Å². The molecule has 1 rings (SSSR count). The molecule has 0 radical (unpaired) electrons. The van der Waals surface area contributed by atoms with Crippen molar-refractivity contribution in [1.29, 1.82) is 0 Å². The van der Waals surface area contributed by atoms with Gasteiger partial charge in [0.15, 0.2) is 0 Å². The third-order valence-electron chi connectivity index (χ3n) is 3.34. The Morgan fingerprint density at radius 2 is 1.95 bits per heavy atom. The number of primary sulfonamides is 1. The van der Waals surface area contributed by atoms with E-state index >= 15 is 0 Å². The van der Waals surface area contributed by atoms with Gasteiger partial charge < -0.3 is 10.2 Å². The minimum absolute atomic E-state index is 0.0169. The van der Waals surface area contributed by atoms with Crippen molar-refractivity contribution in [2.45, 2.75) is 33.1 Å². The number of allylic oxidation sites excluding steroid dienone is 1. The van der Waals surface area contributed by atoms with Crippen LogP contribution in [0.4, 0.5) is 4.79 Å². The molecule has 1 heterocycles. The number of likely N-dealkylation sites (tertiary alicyclic amines) is 1. The topological polar surface area (TPSA) is 92.5 Å². The molecule has 7 heteroatoms. The fraction of sp³-hybridized carbons (Fsp3) is 0.769. The Morgan fingerprint density at radius 1 is 1.35 bits per heavy atom. The van der Waals surface area contributed by atoms with Gasteiger partial charge in [-0.25, -0.2) is 18.4 Å². The predicted octanol–water partition coefficient (Wildman–Crippen LogP) is 1.05. The Morgan fingerprint density at radius 3 is 2.45 bits per heavy atom. The van der Waals surface area contributed by atoms with E-state index in [0.717, 1.165) is 6.42 Å². The van der Waals surface area contributed by atoms with Crippen LogP contribution >= 0.6 is 0 Å². The minimum atomic E-state index is -3.41. The first-order valence-corrected chi connectivity index (χ1v) is 8.66. The molecule has 0 aromatic carbocycles. The van der Waals surface area contributed by atoms with Crippen LogP contribution in [0, 0.1) is 5.92 Å². The highest BCUT2D eigenvalue weighted by Gasteiger charge is 2.24. The summed E-state index contributed by atoms with van der Waals surface area (Å²) in [6.45, 7) is 5.86. The molecule has 1 saturated heterocycles. The molecule has 116 valence electrons. The standard InChI is InChI=1S/C13H25N3O3S/c1-11(2)4-3-7-15-13(17)16-8-5-12(6-9-16)10-20(14,18)19/h4,12H,3,5-10H2,1-2H3,(H,15,17)(H2,14,18,19). The number of hydrogen-bond acceptors (Lipinski definition) is 3. The van der Waals surface area contributed by atoms with Crippen LogP contribution in [0.3, 0.4) is 0 Å². The van der Waals surface area contributed by atoms with E-state index in [1.165, 1.54) is 5.57 Å². The molecule has 2 amide bonds. The van der Waals surface area contributed by atoms with Gasteiger partial charge in [-0.1, -0.05) is 11.6 Å². The lowest BCUT2D eigenvalue weighted by molar-refractivity contribution is 0.174. The molecule has 3 N–H and O–H groups in total. The number of nitrogens with one attached hydrogen (secondary N) is 1. The third-order valence-corrected chi connectivity index (χ3v) is 4.28. The van der Waals surface area contributed by atoms with Gasteiger partial charge in [-0.2, -0.15) is 0 Å². The molecule has 0 saturated carbocycles. The average molecular weight is 303 g/mol. The lowest BCUT2D eigenvalue weighted by Crippen LogP contribution is -2.45. The van der Waals surface area contributed by atoms with E-state index in [4.69, 9.17) is 5.14 Å². The lowest BCUT2D eigenvalue weighted by atomic mass is 9.99. The smallest absolute Gasteiger partial charge is 0.317 e. The summed E-state index contributed by atoms with van der Waals surface area (Å²) in [4.78, 5) is 13.6. The summed E-state index contributed by atoms with van der Waals surface area (Å²) in [5, 5.41) is 7.91. The molecule has 1 fully saturated rings. The number of carbonyl (C=O) groups is 1. The average Bonchev–Trinajstić information content (AvgIpc) is 2.33. The molecule has 1 aliphatic rings. The van der Waals surface area contributed by atoms with E-state index in [0.29, 0.717) is 32.5 Å². The highest BCUT2D eigenvalue weighted by Crippen LogP contribution is 2.18. The maximum Gasteiger partial charge on any atom is 0.317 e. The second-order valence-electron chi connectivity index (χ2n) is 5.56. The predicted molar refractivity (Wildman–Crippen MR) is 79.7 cm³/mol. The summed E-state index contributed by atoms with van der Waals surface area (Å²) in [5.41, 5.74) is 1.24. The third kappa shape index (κ3) is 6.91. The van der Waals surface area contributed by atoms with Crippen LogP contribution in [-0.2, 0) is 10.0 Å². The van der Waals surface area contributed by atoms with Crippen LogP contribution in [-0.4, -0.2) is 44.7 Å². The minimum Gasteiger partial charge on any atom is -0.338 e. The summed E-state index contributed by atoms with van der Waals surface area (Å²) >= 11 is 0. The van der Waals surface area contributed by atoms with E-state index in [9.17, 15) is 13.2 Å². The fourth-order valence-corrected chi connectivity index (χ4v) is 3.27. The first-order valence-electron chi connectivity index (χ1n) is 6.94. The van der Waals surface area contributed by atoms with Gasteiger partial charge in [-0.05, 0) is 39.0 Å². The van der Waals surface area contributed by atoms with Crippen LogP contribution in [0.5, 0.6) is 0 Å². The van der Waals surface area contributed by atoms with Crippen molar-refractivity contribution < 1.29 is 13.2 Å². The van der Waals surface area contributed by atoms with Gasteiger partial charge in [-0.15, -0.1) is 0 Å². The normalized spacial score (nSPS) is 16.9. The summed E-state index contributed by atoms with van der Waals surface area (Å²) in [5.74, 6) is 0.0861.